The molecule has 18 nitrogen and oxygen atoms in total. The Labute approximate surface area is 699 Å². The van der Waals surface area contributed by atoms with Crippen LogP contribution >= 0.6 is 0 Å². The van der Waals surface area contributed by atoms with Crippen molar-refractivity contribution in [3.05, 3.63) is 203 Å². The lowest BCUT2D eigenvalue weighted by atomic mass is 9.48. The van der Waals surface area contributed by atoms with Crippen molar-refractivity contribution >= 4 is 17.3 Å². The van der Waals surface area contributed by atoms with Gasteiger partial charge in [-0.25, -0.2) is 14.0 Å². The fourth-order valence-corrected chi connectivity index (χ4v) is 27.0. The van der Waals surface area contributed by atoms with Crippen molar-refractivity contribution < 1.29 is 52.6 Å². The Morgan fingerprint density at radius 3 is 1.25 bits per heavy atom. The number of hydrogen-bond donors (Lipinski definition) is 2. The number of Topliss-reactive ketones (excluding diaryl/α,β-unsaturated/α-hetero) is 3. The summed E-state index contributed by atoms with van der Waals surface area (Å²) in [6.07, 6.45) is 28.8. The van der Waals surface area contributed by atoms with E-state index in [1.807, 2.05) is 25.3 Å². The fourth-order valence-electron chi connectivity index (χ4n) is 27.0. The van der Waals surface area contributed by atoms with Crippen molar-refractivity contribution in [2.24, 2.45) is 62.1 Å². The Kier molecular flexibility index (Phi) is 20.9. The standard InChI is InChI=1S/2C22H28N2O2.2C20H24N2O.C16H24O4/c1-20(2)18-10-9-16-15-24(17-7-5-4-6-8-17)23-19(16)21(18,3)11-12-22(20)25-13-14-26-22;1-20(2)18-10-9-16-15-23-24(17-7-5-4-6-8-17)19(16)21(18,3)11-12-22(20)25-13-14-26-22;1-19(2)16-10-9-14-13-22(15-7-5-4-6-8-15)21-18(14)20(16,3)12-11-17(19)23;1-19(2)16-10-9-14-13-21-22(15-7-5-4-6-8-15)18(14)20(16,3)12-11-17(19)23;1-14(2)12-5-4-11(10-17)13(18)15(12,3)6-7-16(14)19-8-9-20-16/h2*4-8,15,18H,9-14H2,1-3H3;2*4-8,13,16H,9-12H2,1-3H3;10,12,17H,4-9H2,1-3H3/p+1/b;;;;11-10+/t2*18-,21-;2*16-,20-;12-,15-/m00000/s1. The highest BCUT2D eigenvalue weighted by Gasteiger charge is 2.68. The average molecular weight is 1600 g/mol. The number of allylic oxidation sites excluding steroid dienone is 1. The first kappa shape index (κ1) is 82.3. The molecule has 21 rings (SSSR count). The molecule has 4 aromatic carbocycles. The number of H-pyrrole nitrogens is 1. The minimum atomic E-state index is -0.530. The lowest BCUT2D eigenvalue weighted by Crippen LogP contribution is -2.61. The van der Waals surface area contributed by atoms with Crippen LogP contribution in [-0.2, 0) is 90.1 Å². The smallest absolute Gasteiger partial charge is 0.235 e. The summed E-state index contributed by atoms with van der Waals surface area (Å²) in [5.74, 6) is 1.67. The molecular weight excluding hydrogens is 1470 g/mol. The van der Waals surface area contributed by atoms with Crippen molar-refractivity contribution in [3.8, 4) is 22.7 Å². The Morgan fingerprint density at radius 2 is 0.780 bits per heavy atom. The number of nitrogens with zero attached hydrogens (tertiary/aromatic N) is 7. The first-order valence-electron chi connectivity index (χ1n) is 44.6. The summed E-state index contributed by atoms with van der Waals surface area (Å²) < 4.78 is 45.3. The molecule has 18 heteroatoms. The van der Waals surface area contributed by atoms with Crippen LogP contribution in [0, 0.1) is 62.1 Å². The largest absolute Gasteiger partial charge is 0.515 e. The third-order valence-electron chi connectivity index (χ3n) is 33.6. The third-order valence-corrected chi connectivity index (χ3v) is 33.6. The zero-order valence-corrected chi connectivity index (χ0v) is 73.0. The van der Waals surface area contributed by atoms with Gasteiger partial charge in [-0.2, -0.15) is 20.4 Å². The number of aryl methyl sites for hydroxylation is 4. The van der Waals surface area contributed by atoms with Gasteiger partial charge in [0.15, 0.2) is 23.1 Å². The number of aromatic nitrogens is 8. The Hall–Kier alpha value is -7.97. The van der Waals surface area contributed by atoms with Gasteiger partial charge in [0.05, 0.1) is 98.1 Å². The van der Waals surface area contributed by atoms with Crippen LogP contribution < -0.4 is 4.68 Å². The molecule has 0 bridgehead atoms. The second kappa shape index (κ2) is 30.0. The number of ether oxygens (including phenoxy) is 6. The van der Waals surface area contributed by atoms with Gasteiger partial charge in [0.2, 0.25) is 11.9 Å². The van der Waals surface area contributed by atoms with E-state index >= 15 is 0 Å². The van der Waals surface area contributed by atoms with Crippen molar-refractivity contribution in [1.29, 1.82) is 0 Å². The molecule has 8 aromatic rings. The SMILES string of the molecule is CC1(C)C(=O)CC[C@]2(C)c3[nH][n+](-c4ccccc4)cc3CC[C@@H]12.CC1(C)C(=O)CC[C@]2(C)c3c(cnn3-c3ccccc3)CC[C@@H]12.CC1(C)[C@@H]2CC/C(=C\O)C(=O)[C@@]2(C)CCC12OCCO2.CC1(C)[C@@H]2CCc3cn(-c4ccccc4)nc3[C@@]2(C)CCC12OCCO2.CC1(C)[C@@H]2CCc3cnn(-c4ccccc4)c3[C@@]2(C)CCC12OCCO2. The molecule has 10 aliphatic carbocycles. The van der Waals surface area contributed by atoms with E-state index in [1.54, 1.807) is 0 Å². The lowest BCUT2D eigenvalue weighted by molar-refractivity contribution is -0.656. The van der Waals surface area contributed by atoms with Gasteiger partial charge in [0.1, 0.15) is 11.6 Å². The summed E-state index contributed by atoms with van der Waals surface area (Å²) in [6, 6.07) is 41.8. The van der Waals surface area contributed by atoms with Crippen LogP contribution in [0.4, 0.5) is 0 Å². The number of carbonyl (C=O) groups is 3. The number of aliphatic hydroxyl groups is 1. The maximum atomic E-state index is 12.7. The normalized spacial score (nSPS) is 32.2. The molecule has 0 unspecified atom stereocenters. The maximum Gasteiger partial charge on any atom is 0.235 e. The molecule has 7 heterocycles. The van der Waals surface area contributed by atoms with Gasteiger partial charge in [-0.3, -0.25) is 14.4 Å². The number of para-hydroxylation sites is 4. The predicted molar refractivity (Wildman–Crippen MR) is 455 cm³/mol. The van der Waals surface area contributed by atoms with Crippen molar-refractivity contribution in [2.75, 3.05) is 39.6 Å². The summed E-state index contributed by atoms with van der Waals surface area (Å²) in [5.41, 5.74) is 15.3. The van der Waals surface area contributed by atoms with Gasteiger partial charge in [0.25, 0.3) is 0 Å². The van der Waals surface area contributed by atoms with E-state index in [1.165, 1.54) is 57.9 Å². The molecule has 13 aliphatic rings. The second-order valence-corrected chi connectivity index (χ2v) is 41.0. The molecule has 118 heavy (non-hydrogen) atoms. The van der Waals surface area contributed by atoms with Gasteiger partial charge in [-0.1, -0.05) is 181 Å². The number of aliphatic hydroxyl groups excluding tert-OH is 1. The van der Waals surface area contributed by atoms with Gasteiger partial charge >= 0.3 is 0 Å². The Bertz CT molecular complexity index is 5070. The van der Waals surface area contributed by atoms with E-state index in [-0.39, 0.29) is 60.4 Å². The second-order valence-electron chi connectivity index (χ2n) is 41.0. The zero-order valence-electron chi connectivity index (χ0n) is 73.0. The van der Waals surface area contributed by atoms with E-state index in [0.717, 1.165) is 152 Å². The maximum absolute atomic E-state index is 12.7. The molecule has 0 amide bonds. The zero-order chi connectivity index (χ0) is 83.1. The van der Waals surface area contributed by atoms with Crippen molar-refractivity contribution in [3.63, 3.8) is 0 Å². The molecule has 4 aromatic heterocycles. The summed E-state index contributed by atoms with van der Waals surface area (Å²) in [4.78, 5) is 37.6. The third kappa shape index (κ3) is 12.9. The number of hydrogen-bond acceptors (Lipinski definition) is 13. The summed E-state index contributed by atoms with van der Waals surface area (Å²) in [6.45, 7) is 38.1. The van der Waals surface area contributed by atoms with E-state index < -0.39 is 22.8 Å². The molecular formula is C100H129N8O10+. The quantitative estimate of drug-likeness (QED) is 0.0959. The van der Waals surface area contributed by atoms with E-state index in [2.05, 4.69) is 249 Å². The monoisotopic (exact) mass is 1600 g/mol. The highest BCUT2D eigenvalue weighted by molar-refractivity contribution is 6.00. The number of rotatable bonds is 4. The lowest BCUT2D eigenvalue weighted by Gasteiger charge is -2.59. The van der Waals surface area contributed by atoms with Crippen LogP contribution in [-0.4, -0.2) is 114 Å². The molecule has 3 aliphatic heterocycles. The molecule has 9 fully saturated rings. The number of nitrogens with one attached hydrogen (secondary N) is 1. The molecule has 6 saturated carbocycles. The van der Waals surface area contributed by atoms with Gasteiger partial charge in [0, 0.05) is 116 Å². The number of aromatic amines is 1. The number of ketones is 3. The van der Waals surface area contributed by atoms with Crippen LogP contribution in [0.15, 0.2) is 158 Å². The van der Waals surface area contributed by atoms with Crippen LogP contribution in [0.1, 0.15) is 252 Å². The first-order chi connectivity index (χ1) is 56.2. The van der Waals surface area contributed by atoms with Crippen LogP contribution in [0.3, 0.4) is 0 Å². The molecule has 0 radical (unpaired) electrons. The highest BCUT2D eigenvalue weighted by Crippen LogP contribution is 2.67. The van der Waals surface area contributed by atoms with Gasteiger partial charge < -0.3 is 33.5 Å². The van der Waals surface area contributed by atoms with Gasteiger partial charge in [-0.05, 0) is 179 Å². The summed E-state index contributed by atoms with van der Waals surface area (Å²) in [5, 5.41) is 27.5. The first-order valence-corrected chi connectivity index (χ1v) is 44.6. The summed E-state index contributed by atoms with van der Waals surface area (Å²) in [7, 11) is 0. The van der Waals surface area contributed by atoms with Crippen LogP contribution in [0.25, 0.3) is 22.7 Å². The summed E-state index contributed by atoms with van der Waals surface area (Å²) >= 11 is 0. The minimum Gasteiger partial charge on any atom is -0.515 e. The average Bonchev–Trinajstić information content (AvgIpc) is 1.50. The topological polar surface area (TPSA) is 200 Å². The Morgan fingerprint density at radius 1 is 0.407 bits per heavy atom. The van der Waals surface area contributed by atoms with Gasteiger partial charge in [-0.15, -0.1) is 0 Å². The van der Waals surface area contributed by atoms with E-state index in [9.17, 15) is 19.5 Å². The van der Waals surface area contributed by atoms with E-state index in [0.29, 0.717) is 73.3 Å². The highest BCUT2D eigenvalue weighted by atomic mass is 16.7. The fraction of sp³-hybridized carbons (Fsp3) is 0.590. The minimum absolute atomic E-state index is 0.0231. The molecule has 10 atom stereocenters. The van der Waals surface area contributed by atoms with Crippen LogP contribution in [0.5, 0.6) is 0 Å². The Balaban J connectivity index is 0.000000106. The molecule has 628 valence electrons. The predicted octanol–water partition coefficient (Wildman–Crippen LogP) is 19.1. The molecule has 2 N–H and O–H groups in total. The van der Waals surface area contributed by atoms with Crippen molar-refractivity contribution in [2.45, 2.75) is 271 Å². The number of benzene rings is 4. The molecule has 3 spiro atoms. The number of fused-ring (bicyclic) bond motifs is 13. The van der Waals surface area contributed by atoms with Crippen molar-refractivity contribution in [1.82, 2.24) is 34.4 Å². The number of carbonyl (C=O) groups excluding carboxylic acids is 3. The van der Waals surface area contributed by atoms with Crippen LogP contribution in [0.2, 0.25) is 0 Å². The van der Waals surface area contributed by atoms with E-state index in [4.69, 9.17) is 43.7 Å². The molecule has 3 saturated heterocycles.